The van der Waals surface area contributed by atoms with Crippen LogP contribution in [-0.2, 0) is 11.2 Å². The van der Waals surface area contributed by atoms with Gasteiger partial charge in [-0.3, -0.25) is 4.79 Å². The Kier molecular flexibility index (Phi) is 4.52. The van der Waals surface area contributed by atoms with Gasteiger partial charge in [0.15, 0.2) is 0 Å². The van der Waals surface area contributed by atoms with Crippen LogP contribution in [-0.4, -0.2) is 39.2 Å². The topological polar surface area (TPSA) is 99.9 Å². The molecule has 1 amide bonds. The smallest absolute Gasteiger partial charge is 0.259 e. The molecule has 5 rings (SSSR count). The molecule has 0 saturated heterocycles. The predicted octanol–water partition coefficient (Wildman–Crippen LogP) is 2.40. The fraction of sp³-hybridized carbons (Fsp3) is 0.286. The number of H-pyrrole nitrogens is 1. The Balaban J connectivity index is 1.42. The second-order valence-electron chi connectivity index (χ2n) is 7.45. The maximum atomic E-state index is 13.0. The van der Waals surface area contributed by atoms with Gasteiger partial charge in [0.1, 0.15) is 17.8 Å². The van der Waals surface area contributed by atoms with Gasteiger partial charge in [-0.15, -0.1) is 11.8 Å². The minimum atomic E-state index is -0.159. The molecule has 0 fully saturated rings. The number of carbonyl (C=O) groups is 1. The number of nitrogens with one attached hydrogen (secondary N) is 2. The average molecular weight is 407 g/mol. The number of aromatic amines is 1. The molecule has 3 aromatic rings. The number of carbonyl (C=O) groups excluding carboxylic acids is 1. The first-order valence-corrected chi connectivity index (χ1v) is 10.6. The Labute approximate surface area is 172 Å². The summed E-state index contributed by atoms with van der Waals surface area (Å²) in [5.41, 5.74) is 10.5. The third-order valence-electron chi connectivity index (χ3n) is 5.57. The van der Waals surface area contributed by atoms with E-state index in [-0.39, 0.29) is 18.0 Å². The number of amides is 1. The highest BCUT2D eigenvalue weighted by Gasteiger charge is 2.32. The Morgan fingerprint density at radius 2 is 2.21 bits per heavy atom. The van der Waals surface area contributed by atoms with Crippen LogP contribution in [0.1, 0.15) is 22.7 Å². The monoisotopic (exact) mass is 406 g/mol. The highest BCUT2D eigenvalue weighted by molar-refractivity contribution is 8.04. The van der Waals surface area contributed by atoms with Crippen LogP contribution >= 0.6 is 11.8 Å². The lowest BCUT2D eigenvalue weighted by Gasteiger charge is -2.27. The van der Waals surface area contributed by atoms with Gasteiger partial charge in [0.2, 0.25) is 0 Å². The first kappa shape index (κ1) is 18.2. The van der Waals surface area contributed by atoms with Crippen LogP contribution in [0, 0.1) is 6.92 Å². The van der Waals surface area contributed by atoms with Crippen LogP contribution in [0.15, 0.2) is 47.9 Å². The van der Waals surface area contributed by atoms with Gasteiger partial charge < -0.3 is 20.9 Å². The number of fused-ring (bicyclic) bond motifs is 2. The molecule has 8 heteroatoms. The summed E-state index contributed by atoms with van der Waals surface area (Å²) in [7, 11) is 0. The molecule has 1 aromatic carbocycles. The molecule has 0 saturated carbocycles. The van der Waals surface area contributed by atoms with E-state index in [1.165, 1.54) is 5.56 Å². The summed E-state index contributed by atoms with van der Waals surface area (Å²) in [6.07, 6.45) is 6.16. The van der Waals surface area contributed by atoms with Gasteiger partial charge in [0, 0.05) is 30.7 Å². The van der Waals surface area contributed by atoms with Gasteiger partial charge in [0.25, 0.3) is 5.91 Å². The molecule has 4 N–H and O–H groups in total. The minimum absolute atomic E-state index is 0.0899. The molecule has 0 radical (unpaired) electrons. The number of nitrogens with two attached hydrogens (primary N) is 1. The van der Waals surface area contributed by atoms with Gasteiger partial charge in [-0.05, 0) is 30.0 Å². The molecule has 1 aliphatic carbocycles. The molecule has 1 aliphatic heterocycles. The van der Waals surface area contributed by atoms with Crippen molar-refractivity contribution in [1.29, 1.82) is 0 Å². The largest absolute Gasteiger partial charge is 0.346 e. The third kappa shape index (κ3) is 3.18. The quantitative estimate of drug-likeness (QED) is 0.618. The third-order valence-corrected chi connectivity index (χ3v) is 6.55. The summed E-state index contributed by atoms with van der Waals surface area (Å²) >= 11 is 1.56. The van der Waals surface area contributed by atoms with Crippen LogP contribution < -0.4 is 16.0 Å². The minimum Gasteiger partial charge on any atom is -0.346 e. The maximum Gasteiger partial charge on any atom is 0.259 e. The van der Waals surface area contributed by atoms with Gasteiger partial charge in [-0.25, -0.2) is 9.97 Å². The molecule has 2 aliphatic rings. The van der Waals surface area contributed by atoms with E-state index in [1.807, 2.05) is 42.4 Å². The number of aromatic nitrogens is 3. The lowest BCUT2D eigenvalue weighted by molar-refractivity contribution is -0.117. The van der Waals surface area contributed by atoms with Crippen molar-refractivity contribution in [2.75, 3.05) is 17.2 Å². The predicted molar refractivity (Wildman–Crippen MR) is 116 cm³/mol. The van der Waals surface area contributed by atoms with Gasteiger partial charge >= 0.3 is 0 Å². The molecule has 3 heterocycles. The molecule has 0 unspecified atom stereocenters. The number of benzene rings is 1. The van der Waals surface area contributed by atoms with Crippen molar-refractivity contribution in [3.05, 3.63) is 64.6 Å². The summed E-state index contributed by atoms with van der Waals surface area (Å²) in [4.78, 5) is 27.7. The highest BCUT2D eigenvalue weighted by atomic mass is 32.2. The van der Waals surface area contributed by atoms with E-state index in [0.717, 1.165) is 46.7 Å². The molecule has 0 bridgehead atoms. The SMILES string of the molecule is Cc1c[nH]c2ncnc(N3C=C(C(=O)N[C@@H]4c5ccccc5C[C@H]4N)SCC3)c12. The van der Waals surface area contributed by atoms with Crippen LogP contribution in [0.2, 0.25) is 0 Å². The number of thioether (sulfide) groups is 1. The number of aryl methyl sites for hydroxylation is 1. The first-order valence-electron chi connectivity index (χ1n) is 9.66. The summed E-state index contributed by atoms with van der Waals surface area (Å²) < 4.78 is 0. The van der Waals surface area contributed by atoms with Crippen LogP contribution in [0.25, 0.3) is 11.0 Å². The average Bonchev–Trinajstić information content (AvgIpc) is 3.28. The van der Waals surface area contributed by atoms with Crippen molar-refractivity contribution in [2.24, 2.45) is 5.73 Å². The zero-order chi connectivity index (χ0) is 20.0. The molecule has 148 valence electrons. The van der Waals surface area contributed by atoms with E-state index < -0.39 is 0 Å². The normalized spacial score (nSPS) is 21.2. The van der Waals surface area contributed by atoms with E-state index in [0.29, 0.717) is 4.91 Å². The van der Waals surface area contributed by atoms with Crippen molar-refractivity contribution < 1.29 is 4.79 Å². The standard InChI is InChI=1S/C21H22N6OS/c1-12-9-23-19-17(12)20(25-11-24-19)27-6-7-29-16(10-27)21(28)26-18-14-5-3-2-4-13(14)8-15(18)22/h2-5,9-11,15,18H,6-8,22H2,1H3,(H,26,28)(H,23,24,25)/t15-,18-/m1/s1. The van der Waals surface area contributed by atoms with Crippen LogP contribution in [0.3, 0.4) is 0 Å². The summed E-state index contributed by atoms with van der Waals surface area (Å²) in [5, 5.41) is 4.14. The van der Waals surface area contributed by atoms with Crippen molar-refractivity contribution in [2.45, 2.75) is 25.4 Å². The molecule has 2 aromatic heterocycles. The van der Waals surface area contributed by atoms with Crippen molar-refractivity contribution in [3.8, 4) is 0 Å². The first-order chi connectivity index (χ1) is 14.1. The lowest BCUT2D eigenvalue weighted by Crippen LogP contribution is -2.39. The Morgan fingerprint density at radius 3 is 3.10 bits per heavy atom. The molecular formula is C21H22N6OS. The zero-order valence-electron chi connectivity index (χ0n) is 16.1. The maximum absolute atomic E-state index is 13.0. The fourth-order valence-corrected chi connectivity index (χ4v) is 5.03. The Bertz CT molecular complexity index is 1120. The zero-order valence-corrected chi connectivity index (χ0v) is 16.9. The van der Waals surface area contributed by atoms with Gasteiger partial charge in [-0.2, -0.15) is 0 Å². The number of hydrogen-bond donors (Lipinski definition) is 3. The molecule has 7 nitrogen and oxygen atoms in total. The van der Waals surface area contributed by atoms with Gasteiger partial charge in [-0.1, -0.05) is 24.3 Å². The fourth-order valence-electron chi connectivity index (χ4n) is 4.13. The number of hydrogen-bond acceptors (Lipinski definition) is 6. The number of rotatable bonds is 3. The summed E-state index contributed by atoms with van der Waals surface area (Å²) in [6.45, 7) is 2.81. The molecule has 0 spiro atoms. The lowest BCUT2D eigenvalue weighted by atomic mass is 10.1. The van der Waals surface area contributed by atoms with Crippen molar-refractivity contribution in [3.63, 3.8) is 0 Å². The molecular weight excluding hydrogens is 384 g/mol. The second kappa shape index (κ2) is 7.20. The number of anilines is 1. The van der Waals surface area contributed by atoms with Crippen molar-refractivity contribution in [1.82, 2.24) is 20.3 Å². The molecule has 29 heavy (non-hydrogen) atoms. The molecule has 2 atom stereocenters. The van der Waals surface area contributed by atoms with Crippen molar-refractivity contribution >= 4 is 34.5 Å². The highest BCUT2D eigenvalue weighted by Crippen LogP contribution is 2.33. The Morgan fingerprint density at radius 1 is 1.34 bits per heavy atom. The Hall–Kier alpha value is -2.84. The van der Waals surface area contributed by atoms with E-state index in [4.69, 9.17) is 5.73 Å². The van der Waals surface area contributed by atoms with Crippen LogP contribution in [0.5, 0.6) is 0 Å². The van der Waals surface area contributed by atoms with E-state index >= 15 is 0 Å². The van der Waals surface area contributed by atoms with E-state index in [9.17, 15) is 4.79 Å². The van der Waals surface area contributed by atoms with E-state index in [2.05, 4.69) is 26.3 Å². The van der Waals surface area contributed by atoms with Gasteiger partial charge in [0.05, 0.1) is 16.3 Å². The van der Waals surface area contributed by atoms with Crippen LogP contribution in [0.4, 0.5) is 5.82 Å². The summed E-state index contributed by atoms with van der Waals surface area (Å²) in [5.74, 6) is 1.54. The second-order valence-corrected chi connectivity index (χ2v) is 8.58. The number of nitrogens with zero attached hydrogens (tertiary/aromatic N) is 3. The summed E-state index contributed by atoms with van der Waals surface area (Å²) in [6, 6.07) is 7.87. The van der Waals surface area contributed by atoms with E-state index in [1.54, 1.807) is 18.1 Å².